The third-order valence-corrected chi connectivity index (χ3v) is 4.22. The van der Waals surface area contributed by atoms with E-state index < -0.39 is 0 Å². The van der Waals surface area contributed by atoms with E-state index in [1.54, 1.807) is 6.07 Å². The minimum absolute atomic E-state index is 0. The number of pyridine rings is 2. The van der Waals surface area contributed by atoms with Crippen LogP contribution in [0.1, 0.15) is 5.69 Å². The maximum absolute atomic E-state index is 5.57. The van der Waals surface area contributed by atoms with Gasteiger partial charge in [-0.2, -0.15) is 0 Å². The van der Waals surface area contributed by atoms with Crippen molar-refractivity contribution in [1.29, 1.82) is 0 Å². The standard InChI is InChI=1S/C13H13N.C11H9N2.Pt/c1-11-7-6-10-13(14(11)2)12-8-4-3-5-9-12;12-11-8-4-7-10(13-11)9-5-2-1-3-6-9;/h3-8,10H,1-2H3;1-5,7-8H,(H2,12,13);/q;-1;+2. The number of nitrogens with zero attached hydrogens (tertiary/aromatic N) is 2. The predicted molar refractivity (Wildman–Crippen MR) is 110 cm³/mol. The summed E-state index contributed by atoms with van der Waals surface area (Å²) in [5.74, 6) is 0.537. The Kier molecular flexibility index (Phi) is 8.10. The maximum atomic E-state index is 5.57. The Balaban J connectivity index is 0.000000194. The summed E-state index contributed by atoms with van der Waals surface area (Å²) < 4.78 is 2.17. The number of nitrogens with two attached hydrogens (primary N) is 1. The summed E-state index contributed by atoms with van der Waals surface area (Å²) in [7, 11) is 2.07. The Morgan fingerprint density at radius 1 is 0.786 bits per heavy atom. The molecular weight excluding hydrogens is 525 g/mol. The van der Waals surface area contributed by atoms with E-state index in [0.29, 0.717) is 5.82 Å². The monoisotopic (exact) mass is 547 g/mol. The van der Waals surface area contributed by atoms with E-state index in [0.717, 1.165) is 16.8 Å². The van der Waals surface area contributed by atoms with E-state index in [-0.39, 0.29) is 21.1 Å². The molecule has 2 heterocycles. The Labute approximate surface area is 181 Å². The molecule has 0 amide bonds. The van der Waals surface area contributed by atoms with Gasteiger partial charge in [0.25, 0.3) is 0 Å². The van der Waals surface area contributed by atoms with Gasteiger partial charge < -0.3 is 5.73 Å². The SMILES string of the molecule is Cc1cccc(-c2[c-]cccc2)[n+]1C.Nc1cccc(-c2[c-]cccc2)n1.[Pt+2]. The molecule has 0 saturated carbocycles. The molecule has 0 aliphatic rings. The van der Waals surface area contributed by atoms with Crippen LogP contribution in [0.4, 0.5) is 5.82 Å². The van der Waals surface area contributed by atoms with Crippen molar-refractivity contribution in [2.24, 2.45) is 7.05 Å². The van der Waals surface area contributed by atoms with Crippen LogP contribution in [0.2, 0.25) is 0 Å². The van der Waals surface area contributed by atoms with Crippen molar-refractivity contribution in [2.75, 3.05) is 5.73 Å². The average Bonchev–Trinajstić information content (AvgIpc) is 2.72. The van der Waals surface area contributed by atoms with Gasteiger partial charge in [-0.15, -0.1) is 66.2 Å². The van der Waals surface area contributed by atoms with Gasteiger partial charge in [-0.25, -0.2) is 4.57 Å². The number of hydrogen-bond donors (Lipinski definition) is 1. The van der Waals surface area contributed by atoms with Gasteiger partial charge in [0, 0.05) is 13.0 Å². The summed E-state index contributed by atoms with van der Waals surface area (Å²) in [5.41, 5.74) is 11.0. The van der Waals surface area contributed by atoms with Crippen LogP contribution in [-0.4, -0.2) is 4.98 Å². The number of aromatic nitrogens is 2. The molecule has 2 aromatic heterocycles. The van der Waals surface area contributed by atoms with Gasteiger partial charge in [0.05, 0.1) is 0 Å². The smallest absolute Gasteiger partial charge is 0.384 e. The minimum atomic E-state index is 0. The summed E-state index contributed by atoms with van der Waals surface area (Å²) in [6, 6.07) is 33.9. The summed E-state index contributed by atoms with van der Waals surface area (Å²) in [6.07, 6.45) is 0. The van der Waals surface area contributed by atoms with Crippen LogP contribution in [0.15, 0.2) is 84.9 Å². The first kappa shape index (κ1) is 21.5. The van der Waals surface area contributed by atoms with Crippen LogP contribution < -0.4 is 10.3 Å². The molecule has 0 spiro atoms. The van der Waals surface area contributed by atoms with Crippen molar-refractivity contribution in [1.82, 2.24) is 4.98 Å². The molecule has 0 saturated heterocycles. The number of anilines is 1. The van der Waals surface area contributed by atoms with Crippen molar-refractivity contribution in [2.45, 2.75) is 6.92 Å². The molecule has 2 aromatic carbocycles. The van der Waals surface area contributed by atoms with E-state index in [2.05, 4.69) is 59.9 Å². The molecule has 3 nitrogen and oxygen atoms in total. The van der Waals surface area contributed by atoms with Crippen LogP contribution in [0.25, 0.3) is 22.5 Å². The normalized spacial score (nSPS) is 9.64. The summed E-state index contributed by atoms with van der Waals surface area (Å²) >= 11 is 0. The van der Waals surface area contributed by atoms with Gasteiger partial charge in [-0.05, 0) is 17.8 Å². The maximum Gasteiger partial charge on any atom is 2.00 e. The summed E-state index contributed by atoms with van der Waals surface area (Å²) in [6.45, 7) is 2.10. The Morgan fingerprint density at radius 2 is 1.43 bits per heavy atom. The van der Waals surface area contributed by atoms with Crippen LogP contribution >= 0.6 is 0 Å². The Bertz CT molecular complexity index is 1000. The van der Waals surface area contributed by atoms with Crippen LogP contribution in [0.3, 0.4) is 0 Å². The number of aryl methyl sites for hydroxylation is 1. The topological polar surface area (TPSA) is 42.8 Å². The largest absolute Gasteiger partial charge is 2.00 e. The zero-order valence-corrected chi connectivity index (χ0v) is 18.1. The molecule has 2 N–H and O–H groups in total. The Hall–Kier alpha value is -2.77. The zero-order valence-electron chi connectivity index (χ0n) is 15.9. The van der Waals surface area contributed by atoms with Crippen LogP contribution in [0.5, 0.6) is 0 Å². The molecule has 0 atom stereocenters. The van der Waals surface area contributed by atoms with Gasteiger partial charge in [-0.3, -0.25) is 4.98 Å². The van der Waals surface area contributed by atoms with E-state index in [1.165, 1.54) is 11.4 Å². The zero-order chi connectivity index (χ0) is 19.1. The van der Waals surface area contributed by atoms with Gasteiger partial charge in [0.1, 0.15) is 18.6 Å². The number of nitrogen functional groups attached to an aromatic ring is 1. The molecule has 0 unspecified atom stereocenters. The molecule has 0 bridgehead atoms. The fourth-order valence-corrected chi connectivity index (χ4v) is 2.67. The third-order valence-electron chi connectivity index (χ3n) is 4.22. The van der Waals surface area contributed by atoms with E-state index in [4.69, 9.17) is 5.73 Å². The van der Waals surface area contributed by atoms with Gasteiger partial charge in [0.15, 0.2) is 5.69 Å². The second-order valence-corrected chi connectivity index (χ2v) is 6.11. The molecule has 0 fully saturated rings. The molecule has 0 aliphatic heterocycles. The first-order chi connectivity index (χ1) is 13.1. The molecule has 142 valence electrons. The Morgan fingerprint density at radius 3 is 2.04 bits per heavy atom. The first-order valence-electron chi connectivity index (χ1n) is 8.77. The molecule has 28 heavy (non-hydrogen) atoms. The number of benzene rings is 2. The number of hydrogen-bond acceptors (Lipinski definition) is 2. The third kappa shape index (κ3) is 5.61. The van der Waals surface area contributed by atoms with Crippen molar-refractivity contribution in [3.63, 3.8) is 0 Å². The van der Waals surface area contributed by atoms with E-state index >= 15 is 0 Å². The van der Waals surface area contributed by atoms with Crippen LogP contribution in [0, 0.1) is 19.1 Å². The second-order valence-electron chi connectivity index (χ2n) is 6.11. The molecular formula is C24H22N3Pt+. The molecule has 4 heteroatoms. The molecule has 4 rings (SSSR count). The summed E-state index contributed by atoms with van der Waals surface area (Å²) in [5, 5.41) is 0. The molecule has 0 aliphatic carbocycles. The quantitative estimate of drug-likeness (QED) is 0.299. The average molecular weight is 548 g/mol. The second kappa shape index (κ2) is 10.5. The van der Waals surface area contributed by atoms with Crippen LogP contribution in [-0.2, 0) is 28.1 Å². The predicted octanol–water partition coefficient (Wildman–Crippen LogP) is 4.42. The minimum Gasteiger partial charge on any atom is -0.384 e. The number of rotatable bonds is 2. The van der Waals surface area contributed by atoms with Crippen molar-refractivity contribution in [3.05, 3.63) is 103 Å². The van der Waals surface area contributed by atoms with Gasteiger partial charge in [-0.1, -0.05) is 23.8 Å². The fraction of sp³-hybridized carbons (Fsp3) is 0.0833. The van der Waals surface area contributed by atoms with Crippen molar-refractivity contribution < 1.29 is 25.6 Å². The van der Waals surface area contributed by atoms with Crippen molar-refractivity contribution >= 4 is 5.82 Å². The molecule has 0 radical (unpaired) electrons. The fourth-order valence-electron chi connectivity index (χ4n) is 2.67. The van der Waals surface area contributed by atoms with Crippen molar-refractivity contribution in [3.8, 4) is 22.5 Å². The van der Waals surface area contributed by atoms with E-state index in [9.17, 15) is 0 Å². The molecule has 4 aromatic rings. The first-order valence-corrected chi connectivity index (χ1v) is 8.77. The van der Waals surface area contributed by atoms with E-state index in [1.807, 2.05) is 54.6 Å². The summed E-state index contributed by atoms with van der Waals surface area (Å²) in [4.78, 5) is 4.19. The van der Waals surface area contributed by atoms with Gasteiger partial charge in [0.2, 0.25) is 0 Å². The van der Waals surface area contributed by atoms with Gasteiger partial charge >= 0.3 is 21.1 Å².